The minimum Gasteiger partial charge on any atom is -0.449 e. The van der Waals surface area contributed by atoms with E-state index in [0.29, 0.717) is 0 Å². The molecule has 1 heterocycles. The Morgan fingerprint density at radius 3 is 2.24 bits per heavy atom. The van der Waals surface area contributed by atoms with Crippen molar-refractivity contribution in [2.45, 2.75) is 20.0 Å². The summed E-state index contributed by atoms with van der Waals surface area (Å²) in [6.45, 7) is 3.47. The Hall–Kier alpha value is -4.14. The number of hydrogen-bond donors (Lipinski definition) is 0. The van der Waals surface area contributed by atoms with Crippen LogP contribution in [0.1, 0.15) is 27.2 Å². The van der Waals surface area contributed by atoms with Crippen molar-refractivity contribution in [2.24, 2.45) is 0 Å². The molecule has 0 aliphatic carbocycles. The lowest BCUT2D eigenvalue weighted by Gasteiger charge is -2.14. The summed E-state index contributed by atoms with van der Waals surface area (Å²) in [7, 11) is 0. The van der Waals surface area contributed by atoms with E-state index in [1.54, 1.807) is 19.9 Å². The van der Waals surface area contributed by atoms with Crippen molar-refractivity contribution in [3.05, 3.63) is 99.2 Å². The maximum absolute atomic E-state index is 13.8. The number of benzene rings is 3. The van der Waals surface area contributed by atoms with Crippen LogP contribution in [0.3, 0.4) is 0 Å². The highest BCUT2D eigenvalue weighted by atomic mass is 19.4. The number of carbonyl (C=O) groups excluding carboxylic acids is 1. The zero-order valence-corrected chi connectivity index (χ0v) is 17.8. The largest absolute Gasteiger partial charge is 0.453 e. The molecule has 0 radical (unpaired) electrons. The second-order valence-corrected chi connectivity index (χ2v) is 7.54. The molecule has 1 aromatic heterocycles. The van der Waals surface area contributed by atoms with E-state index in [9.17, 15) is 27.2 Å². The number of halogens is 4. The summed E-state index contributed by atoms with van der Waals surface area (Å²) < 4.78 is 70.5. The molecule has 0 aliphatic rings. The van der Waals surface area contributed by atoms with E-state index in [-0.39, 0.29) is 22.4 Å². The molecule has 3 aromatic carbocycles. The number of ether oxygens (including phenoxy) is 2. The minimum absolute atomic E-state index is 0.0464. The van der Waals surface area contributed by atoms with E-state index >= 15 is 0 Å². The predicted octanol–water partition coefficient (Wildman–Crippen LogP) is 6.58. The maximum atomic E-state index is 13.8. The first-order valence-electron chi connectivity index (χ1n) is 9.94. The third-order valence-electron chi connectivity index (χ3n) is 4.80. The maximum Gasteiger partial charge on any atom is 0.453 e. The van der Waals surface area contributed by atoms with Gasteiger partial charge < -0.3 is 13.9 Å². The third kappa shape index (κ3) is 4.63. The van der Waals surface area contributed by atoms with Gasteiger partial charge in [-0.15, -0.1) is 0 Å². The van der Waals surface area contributed by atoms with Gasteiger partial charge in [-0.3, -0.25) is 4.79 Å². The van der Waals surface area contributed by atoms with Crippen LogP contribution in [0.5, 0.6) is 17.2 Å². The molecule has 174 valence electrons. The number of fused-ring (bicyclic) bond motifs is 1. The molecule has 0 amide bonds. The lowest BCUT2D eigenvalue weighted by atomic mass is 10.1. The molecule has 0 atom stereocenters. The quantitative estimate of drug-likeness (QED) is 0.191. The Bertz CT molecular complexity index is 1450. The van der Waals surface area contributed by atoms with Gasteiger partial charge in [-0.1, -0.05) is 18.2 Å². The molecule has 0 spiro atoms. The van der Waals surface area contributed by atoms with Crippen molar-refractivity contribution >= 4 is 16.9 Å². The van der Waals surface area contributed by atoms with Gasteiger partial charge >= 0.3 is 12.1 Å². The van der Waals surface area contributed by atoms with E-state index in [1.807, 2.05) is 0 Å². The number of rotatable bonds is 4. The van der Waals surface area contributed by atoms with E-state index < -0.39 is 40.5 Å². The monoisotopic (exact) mass is 472 g/mol. The van der Waals surface area contributed by atoms with Gasteiger partial charge in [-0.2, -0.15) is 13.2 Å². The highest BCUT2D eigenvalue weighted by molar-refractivity contribution is 5.92. The smallest absolute Gasteiger partial charge is 0.449 e. The molecule has 34 heavy (non-hydrogen) atoms. The van der Waals surface area contributed by atoms with Crippen LogP contribution in [-0.4, -0.2) is 5.97 Å². The van der Waals surface area contributed by atoms with Crippen molar-refractivity contribution in [1.82, 2.24) is 0 Å². The van der Waals surface area contributed by atoms with Gasteiger partial charge in [0.05, 0.1) is 10.9 Å². The molecule has 0 bridgehead atoms. The van der Waals surface area contributed by atoms with E-state index in [2.05, 4.69) is 0 Å². The molecular formula is C25H16F4O5. The summed E-state index contributed by atoms with van der Waals surface area (Å²) in [6.07, 6.45) is -5.05. The Kier molecular flexibility index (Phi) is 5.87. The fourth-order valence-corrected chi connectivity index (χ4v) is 3.40. The molecular weight excluding hydrogens is 456 g/mol. The molecule has 0 saturated carbocycles. The zero-order chi connectivity index (χ0) is 24.6. The first kappa shape index (κ1) is 23.0. The summed E-state index contributed by atoms with van der Waals surface area (Å²) in [5, 5.41) is -0.224. The van der Waals surface area contributed by atoms with Crippen LogP contribution < -0.4 is 14.9 Å². The molecule has 9 heteroatoms. The molecule has 0 unspecified atom stereocenters. The van der Waals surface area contributed by atoms with Gasteiger partial charge in [0.25, 0.3) is 5.76 Å². The summed E-state index contributed by atoms with van der Waals surface area (Å²) in [6, 6.07) is 13.1. The van der Waals surface area contributed by atoms with Crippen molar-refractivity contribution < 1.29 is 36.2 Å². The van der Waals surface area contributed by atoms with Crippen LogP contribution in [0, 0.1) is 19.7 Å². The van der Waals surface area contributed by atoms with Gasteiger partial charge in [0.2, 0.25) is 11.2 Å². The number of alkyl halides is 3. The van der Waals surface area contributed by atoms with Gasteiger partial charge in [-0.25, -0.2) is 9.18 Å². The molecule has 0 N–H and O–H groups in total. The van der Waals surface area contributed by atoms with Crippen molar-refractivity contribution in [3.63, 3.8) is 0 Å². The number of carbonyl (C=O) groups is 1. The standard InChI is InChI=1S/C25H16F4O5/c1-13-9-14(2)11-16(10-13)32-22-21(30)18-8-7-15(12-20(18)34-23(22)25(27,28)29)33-24(31)17-5-3-4-6-19(17)26/h3-12H,1-2H3. The number of aryl methyl sites for hydroxylation is 2. The van der Waals surface area contributed by atoms with Gasteiger partial charge in [0, 0.05) is 6.07 Å². The Morgan fingerprint density at radius 2 is 1.59 bits per heavy atom. The number of hydrogen-bond acceptors (Lipinski definition) is 5. The lowest BCUT2D eigenvalue weighted by Crippen LogP contribution is -2.16. The van der Waals surface area contributed by atoms with Crippen LogP contribution in [0.25, 0.3) is 11.0 Å². The molecule has 4 aromatic rings. The first-order chi connectivity index (χ1) is 16.0. The molecule has 0 saturated heterocycles. The zero-order valence-electron chi connectivity index (χ0n) is 17.8. The summed E-state index contributed by atoms with van der Waals surface area (Å²) in [5.74, 6) is -4.73. The fraction of sp³-hybridized carbons (Fsp3) is 0.120. The second-order valence-electron chi connectivity index (χ2n) is 7.54. The van der Waals surface area contributed by atoms with Gasteiger partial charge in [0.1, 0.15) is 22.9 Å². The van der Waals surface area contributed by atoms with Crippen molar-refractivity contribution in [2.75, 3.05) is 0 Å². The summed E-state index contributed by atoms with van der Waals surface area (Å²) in [5.41, 5.74) is -0.439. The van der Waals surface area contributed by atoms with Crippen LogP contribution in [0.15, 0.2) is 69.9 Å². The third-order valence-corrected chi connectivity index (χ3v) is 4.80. The SMILES string of the molecule is Cc1cc(C)cc(Oc2c(C(F)(F)F)oc3cc(OC(=O)c4ccccc4F)ccc3c2=O)c1. The Morgan fingerprint density at radius 1 is 0.912 bits per heavy atom. The topological polar surface area (TPSA) is 65.7 Å². The van der Waals surface area contributed by atoms with Crippen LogP contribution in [-0.2, 0) is 6.18 Å². The predicted molar refractivity (Wildman–Crippen MR) is 115 cm³/mol. The minimum atomic E-state index is -5.05. The van der Waals surface area contributed by atoms with E-state index in [1.165, 1.54) is 36.4 Å². The summed E-state index contributed by atoms with van der Waals surface area (Å²) >= 11 is 0. The average Bonchev–Trinajstić information content (AvgIpc) is 2.74. The van der Waals surface area contributed by atoms with E-state index in [0.717, 1.165) is 29.3 Å². The molecule has 5 nitrogen and oxygen atoms in total. The van der Waals surface area contributed by atoms with Crippen LogP contribution in [0.2, 0.25) is 0 Å². The molecule has 0 aliphatic heterocycles. The van der Waals surface area contributed by atoms with E-state index in [4.69, 9.17) is 13.9 Å². The highest BCUT2D eigenvalue weighted by Gasteiger charge is 2.40. The van der Waals surface area contributed by atoms with Crippen LogP contribution >= 0.6 is 0 Å². The lowest BCUT2D eigenvalue weighted by molar-refractivity contribution is -0.154. The van der Waals surface area contributed by atoms with Gasteiger partial charge in [0.15, 0.2) is 0 Å². The summed E-state index contributed by atoms with van der Waals surface area (Å²) in [4.78, 5) is 25.1. The molecule has 0 fully saturated rings. The second kappa shape index (κ2) is 8.66. The fourth-order valence-electron chi connectivity index (χ4n) is 3.40. The van der Waals surface area contributed by atoms with Gasteiger partial charge in [-0.05, 0) is 61.4 Å². The number of esters is 1. The Labute approximate surface area is 190 Å². The average molecular weight is 472 g/mol. The van der Waals surface area contributed by atoms with Crippen molar-refractivity contribution in [3.8, 4) is 17.2 Å². The first-order valence-corrected chi connectivity index (χ1v) is 9.94. The van der Waals surface area contributed by atoms with Crippen LogP contribution in [0.4, 0.5) is 17.6 Å². The van der Waals surface area contributed by atoms with Crippen molar-refractivity contribution in [1.29, 1.82) is 0 Å². The Balaban J connectivity index is 1.78. The normalized spacial score (nSPS) is 11.5. The highest BCUT2D eigenvalue weighted by Crippen LogP contribution is 2.39. The molecule has 4 rings (SSSR count).